The number of hydrogen-bond donors (Lipinski definition) is 2. The number of rotatable bonds is 6. The number of nitrogens with one attached hydrogen (secondary N) is 1. The number of amides is 1. The lowest BCUT2D eigenvalue weighted by molar-refractivity contribution is -0.139. The average molecular weight is 353 g/mol. The molecule has 0 spiro atoms. The molecular formula is C21H23NO4. The van der Waals surface area contributed by atoms with Gasteiger partial charge in [-0.1, -0.05) is 42.7 Å². The Morgan fingerprint density at radius 1 is 1.12 bits per heavy atom. The van der Waals surface area contributed by atoms with E-state index in [0.29, 0.717) is 11.4 Å². The molecule has 0 heterocycles. The number of carbonyl (C=O) groups excluding carboxylic acids is 1. The Balaban J connectivity index is 1.76. The van der Waals surface area contributed by atoms with Gasteiger partial charge in [-0.05, 0) is 49.6 Å². The van der Waals surface area contributed by atoms with Crippen molar-refractivity contribution in [1.82, 2.24) is 0 Å². The Labute approximate surface area is 153 Å². The van der Waals surface area contributed by atoms with Crippen LogP contribution >= 0.6 is 0 Å². The Morgan fingerprint density at radius 2 is 1.81 bits per heavy atom. The van der Waals surface area contributed by atoms with Crippen LogP contribution in [0.2, 0.25) is 0 Å². The number of benzene rings is 2. The minimum atomic E-state index is -1.02. The summed E-state index contributed by atoms with van der Waals surface area (Å²) in [6.07, 6.45) is 3.79. The van der Waals surface area contributed by atoms with Crippen LogP contribution in [-0.4, -0.2) is 23.6 Å². The SMILES string of the molecule is Cc1cccc(C2(C(=O)Nc3ccc(OCC(=O)O)cc3)CCCC2)c1. The molecule has 2 N–H and O–H groups in total. The van der Waals surface area contributed by atoms with Crippen molar-refractivity contribution in [2.75, 3.05) is 11.9 Å². The zero-order valence-electron chi connectivity index (χ0n) is 14.8. The first-order valence-corrected chi connectivity index (χ1v) is 8.83. The van der Waals surface area contributed by atoms with Crippen molar-refractivity contribution in [2.45, 2.75) is 38.0 Å². The minimum absolute atomic E-state index is 0.0137. The number of carbonyl (C=O) groups is 2. The summed E-state index contributed by atoms with van der Waals surface area (Å²) in [7, 11) is 0. The molecule has 136 valence electrons. The van der Waals surface area contributed by atoms with Gasteiger partial charge in [0.25, 0.3) is 0 Å². The highest BCUT2D eigenvalue weighted by Crippen LogP contribution is 2.42. The van der Waals surface area contributed by atoms with Crippen molar-refractivity contribution >= 4 is 17.6 Å². The molecule has 1 aliphatic carbocycles. The van der Waals surface area contributed by atoms with E-state index >= 15 is 0 Å². The van der Waals surface area contributed by atoms with E-state index in [1.54, 1.807) is 24.3 Å². The van der Waals surface area contributed by atoms with Gasteiger partial charge in [0.2, 0.25) is 5.91 Å². The predicted molar refractivity (Wildman–Crippen MR) is 99.5 cm³/mol. The van der Waals surface area contributed by atoms with Crippen molar-refractivity contribution in [1.29, 1.82) is 0 Å². The van der Waals surface area contributed by atoms with Crippen molar-refractivity contribution < 1.29 is 19.4 Å². The number of carboxylic acid groups (broad SMARTS) is 1. The van der Waals surface area contributed by atoms with Crippen molar-refractivity contribution in [3.63, 3.8) is 0 Å². The second-order valence-electron chi connectivity index (χ2n) is 6.82. The highest BCUT2D eigenvalue weighted by Gasteiger charge is 2.42. The standard InChI is InChI=1S/C21H23NO4/c1-15-5-4-6-16(13-15)21(11-2-3-12-21)20(25)22-17-7-9-18(10-8-17)26-14-19(23)24/h4-10,13H,2-3,11-12,14H2,1H3,(H,22,25)(H,23,24). The quantitative estimate of drug-likeness (QED) is 0.826. The second kappa shape index (κ2) is 7.60. The van der Waals surface area contributed by atoms with Crippen LogP contribution in [0.3, 0.4) is 0 Å². The maximum atomic E-state index is 13.1. The van der Waals surface area contributed by atoms with Crippen LogP contribution in [0.25, 0.3) is 0 Å². The minimum Gasteiger partial charge on any atom is -0.482 e. The number of ether oxygens (including phenoxy) is 1. The Morgan fingerprint density at radius 3 is 2.42 bits per heavy atom. The zero-order chi connectivity index (χ0) is 18.6. The molecule has 3 rings (SSSR count). The summed E-state index contributed by atoms with van der Waals surface area (Å²) in [5.74, 6) is -0.553. The lowest BCUT2D eigenvalue weighted by atomic mass is 9.77. The summed E-state index contributed by atoms with van der Waals surface area (Å²) in [6, 6.07) is 15.0. The van der Waals surface area contributed by atoms with Crippen LogP contribution in [0.15, 0.2) is 48.5 Å². The largest absolute Gasteiger partial charge is 0.482 e. The Bertz CT molecular complexity index is 792. The molecule has 26 heavy (non-hydrogen) atoms. The van der Waals surface area contributed by atoms with Gasteiger partial charge in [0.15, 0.2) is 6.61 Å². The predicted octanol–water partition coefficient (Wildman–Crippen LogP) is 3.91. The van der Waals surface area contributed by atoms with Gasteiger partial charge < -0.3 is 15.2 Å². The maximum absolute atomic E-state index is 13.1. The third-order valence-corrected chi connectivity index (χ3v) is 4.94. The third kappa shape index (κ3) is 3.87. The molecule has 1 fully saturated rings. The molecule has 0 saturated heterocycles. The van der Waals surface area contributed by atoms with Crippen LogP contribution in [0.5, 0.6) is 5.75 Å². The third-order valence-electron chi connectivity index (χ3n) is 4.94. The van der Waals surface area contributed by atoms with Crippen molar-refractivity contribution in [3.8, 4) is 5.75 Å². The van der Waals surface area contributed by atoms with E-state index in [2.05, 4.69) is 11.4 Å². The molecule has 0 aromatic heterocycles. The van der Waals surface area contributed by atoms with Crippen LogP contribution in [0, 0.1) is 6.92 Å². The van der Waals surface area contributed by atoms with E-state index in [9.17, 15) is 9.59 Å². The first kappa shape index (κ1) is 18.0. The molecule has 2 aromatic rings. The van der Waals surface area contributed by atoms with Gasteiger partial charge in [0, 0.05) is 5.69 Å². The number of aryl methyl sites for hydroxylation is 1. The van der Waals surface area contributed by atoms with E-state index in [1.807, 2.05) is 25.1 Å². The van der Waals surface area contributed by atoms with Gasteiger partial charge in [0.1, 0.15) is 5.75 Å². The molecule has 1 aliphatic rings. The van der Waals surface area contributed by atoms with Crippen LogP contribution < -0.4 is 10.1 Å². The number of aliphatic carboxylic acids is 1. The van der Waals surface area contributed by atoms with Gasteiger partial charge in [-0.2, -0.15) is 0 Å². The van der Waals surface area contributed by atoms with E-state index in [4.69, 9.17) is 9.84 Å². The average Bonchev–Trinajstić information content (AvgIpc) is 3.12. The fourth-order valence-corrected chi connectivity index (χ4v) is 3.60. The summed E-state index contributed by atoms with van der Waals surface area (Å²) in [6.45, 7) is 1.65. The van der Waals surface area contributed by atoms with Gasteiger partial charge in [-0.15, -0.1) is 0 Å². The lowest BCUT2D eigenvalue weighted by Gasteiger charge is -2.28. The first-order chi connectivity index (χ1) is 12.5. The van der Waals surface area contributed by atoms with Crippen LogP contribution in [0.4, 0.5) is 5.69 Å². The smallest absolute Gasteiger partial charge is 0.341 e. The maximum Gasteiger partial charge on any atom is 0.341 e. The summed E-state index contributed by atoms with van der Waals surface area (Å²) in [4.78, 5) is 23.7. The fraction of sp³-hybridized carbons (Fsp3) is 0.333. The molecular weight excluding hydrogens is 330 g/mol. The van der Waals surface area contributed by atoms with Gasteiger partial charge >= 0.3 is 5.97 Å². The molecule has 2 aromatic carbocycles. The van der Waals surface area contributed by atoms with Gasteiger partial charge in [0.05, 0.1) is 5.41 Å². The van der Waals surface area contributed by atoms with E-state index in [1.165, 1.54) is 0 Å². The van der Waals surface area contributed by atoms with Gasteiger partial charge in [-0.25, -0.2) is 4.79 Å². The number of hydrogen-bond acceptors (Lipinski definition) is 3. The van der Waals surface area contributed by atoms with E-state index in [0.717, 1.165) is 36.8 Å². The number of anilines is 1. The molecule has 1 saturated carbocycles. The molecule has 0 unspecified atom stereocenters. The fourth-order valence-electron chi connectivity index (χ4n) is 3.60. The van der Waals surface area contributed by atoms with Crippen LogP contribution in [-0.2, 0) is 15.0 Å². The summed E-state index contributed by atoms with van der Waals surface area (Å²) < 4.78 is 5.12. The molecule has 0 bridgehead atoms. The highest BCUT2D eigenvalue weighted by atomic mass is 16.5. The molecule has 0 atom stereocenters. The monoisotopic (exact) mass is 353 g/mol. The molecule has 5 heteroatoms. The topological polar surface area (TPSA) is 75.6 Å². The Hall–Kier alpha value is -2.82. The first-order valence-electron chi connectivity index (χ1n) is 8.83. The van der Waals surface area contributed by atoms with Crippen LogP contribution in [0.1, 0.15) is 36.8 Å². The highest BCUT2D eigenvalue weighted by molar-refractivity contribution is 5.99. The molecule has 0 aliphatic heterocycles. The Kier molecular flexibility index (Phi) is 5.26. The normalized spacial score (nSPS) is 15.4. The van der Waals surface area contributed by atoms with E-state index in [-0.39, 0.29) is 12.5 Å². The van der Waals surface area contributed by atoms with Gasteiger partial charge in [-0.3, -0.25) is 4.79 Å². The summed E-state index contributed by atoms with van der Waals surface area (Å²) >= 11 is 0. The molecule has 5 nitrogen and oxygen atoms in total. The zero-order valence-corrected chi connectivity index (χ0v) is 14.8. The lowest BCUT2D eigenvalue weighted by Crippen LogP contribution is -2.38. The van der Waals surface area contributed by atoms with Crippen molar-refractivity contribution in [3.05, 3.63) is 59.7 Å². The van der Waals surface area contributed by atoms with E-state index < -0.39 is 11.4 Å². The summed E-state index contributed by atoms with van der Waals surface area (Å²) in [5, 5.41) is 11.7. The summed E-state index contributed by atoms with van der Waals surface area (Å²) in [5.41, 5.74) is 2.43. The molecule has 1 amide bonds. The number of carboxylic acids is 1. The second-order valence-corrected chi connectivity index (χ2v) is 6.82. The van der Waals surface area contributed by atoms with Crippen molar-refractivity contribution in [2.24, 2.45) is 0 Å². The molecule has 0 radical (unpaired) electrons.